The van der Waals surface area contributed by atoms with Crippen molar-refractivity contribution in [1.82, 2.24) is 5.32 Å². The molecule has 24 heavy (non-hydrogen) atoms. The van der Waals surface area contributed by atoms with E-state index in [4.69, 9.17) is 11.6 Å². The Bertz CT molecular complexity index is 758. The Balaban J connectivity index is 1.76. The fourth-order valence-electron chi connectivity index (χ4n) is 3.04. The lowest BCUT2D eigenvalue weighted by Gasteiger charge is -2.12. The number of nitrogens with one attached hydrogen (secondary N) is 1. The molecule has 3 atom stereocenters. The van der Waals surface area contributed by atoms with E-state index in [1.54, 1.807) is 12.1 Å². The summed E-state index contributed by atoms with van der Waals surface area (Å²) >= 11 is 5.86. The van der Waals surface area contributed by atoms with Crippen molar-refractivity contribution in [2.45, 2.75) is 25.1 Å². The van der Waals surface area contributed by atoms with Gasteiger partial charge in [-0.3, -0.25) is 4.79 Å². The number of halogens is 4. The number of carbonyl (C=O) groups is 1. The summed E-state index contributed by atoms with van der Waals surface area (Å²) in [5.41, 5.74) is -0.251. The number of rotatable bonds is 3. The average Bonchev–Trinajstić information content (AvgIpc) is 3.16. The molecule has 1 aliphatic rings. The Hall–Kier alpha value is -2.01. The van der Waals surface area contributed by atoms with Crippen LogP contribution in [0.1, 0.15) is 34.3 Å². The first-order chi connectivity index (χ1) is 11.3. The van der Waals surface area contributed by atoms with Crippen LogP contribution in [0.5, 0.6) is 0 Å². The van der Waals surface area contributed by atoms with Crippen LogP contribution in [0.25, 0.3) is 0 Å². The first kappa shape index (κ1) is 16.8. The average molecular weight is 354 g/mol. The van der Waals surface area contributed by atoms with E-state index in [1.165, 1.54) is 18.2 Å². The van der Waals surface area contributed by atoms with E-state index in [0.29, 0.717) is 5.02 Å². The van der Waals surface area contributed by atoms with E-state index in [2.05, 4.69) is 5.32 Å². The molecule has 2 aromatic rings. The number of hydrogen-bond donors (Lipinski definition) is 1. The molecule has 0 heterocycles. The van der Waals surface area contributed by atoms with E-state index in [1.807, 2.05) is 19.1 Å². The third-order valence-corrected chi connectivity index (χ3v) is 4.66. The molecule has 1 aliphatic carbocycles. The van der Waals surface area contributed by atoms with Crippen LogP contribution in [-0.2, 0) is 6.18 Å². The second-order valence-corrected chi connectivity index (χ2v) is 6.42. The Morgan fingerprint density at radius 3 is 2.33 bits per heavy atom. The van der Waals surface area contributed by atoms with Crippen LogP contribution >= 0.6 is 11.6 Å². The highest BCUT2D eigenvalue weighted by molar-refractivity contribution is 6.30. The monoisotopic (exact) mass is 353 g/mol. The largest absolute Gasteiger partial charge is 0.417 e. The van der Waals surface area contributed by atoms with Gasteiger partial charge in [0.25, 0.3) is 5.91 Å². The lowest BCUT2D eigenvalue weighted by molar-refractivity contribution is -0.137. The van der Waals surface area contributed by atoms with Crippen molar-refractivity contribution < 1.29 is 18.0 Å². The summed E-state index contributed by atoms with van der Waals surface area (Å²) in [6.45, 7) is 1.96. The molecule has 0 aliphatic heterocycles. The zero-order valence-electron chi connectivity index (χ0n) is 12.8. The molecule has 3 unspecified atom stereocenters. The molecule has 0 radical (unpaired) electrons. The topological polar surface area (TPSA) is 29.1 Å². The molecule has 2 aromatic carbocycles. The van der Waals surface area contributed by atoms with E-state index in [-0.39, 0.29) is 23.4 Å². The van der Waals surface area contributed by atoms with Crippen molar-refractivity contribution in [2.75, 3.05) is 0 Å². The summed E-state index contributed by atoms with van der Waals surface area (Å²) in [5.74, 6) is -0.450. The van der Waals surface area contributed by atoms with Crippen LogP contribution in [0.15, 0.2) is 48.5 Å². The minimum Gasteiger partial charge on any atom is -0.348 e. The van der Waals surface area contributed by atoms with Crippen LogP contribution in [0.2, 0.25) is 5.02 Å². The molecule has 0 bridgehead atoms. The zero-order valence-corrected chi connectivity index (χ0v) is 13.5. The van der Waals surface area contributed by atoms with Gasteiger partial charge in [0.2, 0.25) is 0 Å². The van der Waals surface area contributed by atoms with Crippen LogP contribution in [-0.4, -0.2) is 11.9 Å². The van der Waals surface area contributed by atoms with Crippen molar-refractivity contribution >= 4 is 17.5 Å². The summed E-state index contributed by atoms with van der Waals surface area (Å²) in [7, 11) is 0. The van der Waals surface area contributed by atoms with Gasteiger partial charge in [0.1, 0.15) is 0 Å². The summed E-state index contributed by atoms with van der Waals surface area (Å²) in [6, 6.07) is 11.9. The van der Waals surface area contributed by atoms with Gasteiger partial charge in [0.15, 0.2) is 0 Å². The van der Waals surface area contributed by atoms with Crippen molar-refractivity contribution in [1.29, 1.82) is 0 Å². The van der Waals surface area contributed by atoms with Crippen LogP contribution in [0.3, 0.4) is 0 Å². The smallest absolute Gasteiger partial charge is 0.348 e. The van der Waals surface area contributed by atoms with E-state index in [0.717, 1.165) is 11.6 Å². The van der Waals surface area contributed by atoms with Gasteiger partial charge >= 0.3 is 6.18 Å². The Kier molecular flexibility index (Phi) is 4.30. The first-order valence-electron chi connectivity index (χ1n) is 7.51. The standard InChI is InChI=1S/C18H15ClF3NO/c1-10-15(11-6-8-12(19)9-7-11)16(10)23-17(24)13-4-2-3-5-14(13)18(20,21)22/h2-10,15-16H,1H3,(H,23,24). The minimum absolute atomic E-state index is 0.0873. The van der Waals surface area contributed by atoms with Gasteiger partial charge in [-0.1, -0.05) is 42.8 Å². The summed E-state index contributed by atoms with van der Waals surface area (Å²) in [5, 5.41) is 3.34. The van der Waals surface area contributed by atoms with Gasteiger partial charge in [-0.15, -0.1) is 0 Å². The minimum atomic E-state index is -4.56. The third-order valence-electron chi connectivity index (χ3n) is 4.41. The number of benzene rings is 2. The summed E-state index contributed by atoms with van der Waals surface area (Å²) < 4.78 is 39.1. The fraction of sp³-hybridized carbons (Fsp3) is 0.278. The van der Waals surface area contributed by atoms with Gasteiger partial charge in [0, 0.05) is 17.0 Å². The van der Waals surface area contributed by atoms with Crippen molar-refractivity contribution in [2.24, 2.45) is 5.92 Å². The number of hydrogen-bond acceptors (Lipinski definition) is 1. The van der Waals surface area contributed by atoms with Crippen molar-refractivity contribution in [3.63, 3.8) is 0 Å². The fourth-order valence-corrected chi connectivity index (χ4v) is 3.16. The second kappa shape index (κ2) is 6.13. The molecule has 1 amide bonds. The highest BCUT2D eigenvalue weighted by atomic mass is 35.5. The molecular formula is C18H15ClF3NO. The van der Waals surface area contributed by atoms with Crippen molar-refractivity contribution in [3.05, 3.63) is 70.2 Å². The predicted molar refractivity (Wildman–Crippen MR) is 86.1 cm³/mol. The molecule has 1 N–H and O–H groups in total. The maximum atomic E-state index is 13.0. The summed E-state index contributed by atoms with van der Waals surface area (Å²) in [6.07, 6.45) is -4.56. The molecular weight excluding hydrogens is 339 g/mol. The zero-order chi connectivity index (χ0) is 17.5. The maximum absolute atomic E-state index is 13.0. The van der Waals surface area contributed by atoms with Gasteiger partial charge in [0.05, 0.1) is 11.1 Å². The first-order valence-corrected chi connectivity index (χ1v) is 7.89. The predicted octanol–water partition coefficient (Wildman–Crippen LogP) is 4.89. The maximum Gasteiger partial charge on any atom is 0.417 e. The van der Waals surface area contributed by atoms with E-state index >= 15 is 0 Å². The van der Waals surface area contributed by atoms with Crippen LogP contribution in [0, 0.1) is 5.92 Å². The van der Waals surface area contributed by atoms with Crippen LogP contribution < -0.4 is 5.32 Å². The Morgan fingerprint density at radius 1 is 1.08 bits per heavy atom. The summed E-state index contributed by atoms with van der Waals surface area (Å²) in [4.78, 5) is 12.3. The van der Waals surface area contributed by atoms with Crippen molar-refractivity contribution in [3.8, 4) is 0 Å². The molecule has 6 heteroatoms. The Labute approximate surface area is 142 Å². The normalized spacial score (nSPS) is 23.0. The lowest BCUT2D eigenvalue weighted by Crippen LogP contribution is -2.29. The number of alkyl halides is 3. The molecule has 3 rings (SSSR count). The number of carbonyl (C=O) groups excluding carboxylic acids is 1. The molecule has 1 saturated carbocycles. The Morgan fingerprint density at radius 2 is 1.71 bits per heavy atom. The quantitative estimate of drug-likeness (QED) is 0.836. The highest BCUT2D eigenvalue weighted by Gasteiger charge is 2.49. The molecule has 0 spiro atoms. The van der Waals surface area contributed by atoms with Gasteiger partial charge in [-0.25, -0.2) is 0 Å². The van der Waals surface area contributed by atoms with E-state index < -0.39 is 17.6 Å². The SMILES string of the molecule is CC1C(NC(=O)c2ccccc2C(F)(F)F)C1c1ccc(Cl)cc1. The van der Waals surface area contributed by atoms with Gasteiger partial charge < -0.3 is 5.32 Å². The molecule has 0 saturated heterocycles. The van der Waals surface area contributed by atoms with E-state index in [9.17, 15) is 18.0 Å². The number of amides is 1. The lowest BCUT2D eigenvalue weighted by atomic mass is 10.1. The van der Waals surface area contributed by atoms with Crippen LogP contribution in [0.4, 0.5) is 13.2 Å². The molecule has 126 valence electrons. The highest BCUT2D eigenvalue weighted by Crippen LogP contribution is 2.47. The van der Waals surface area contributed by atoms with Gasteiger partial charge in [-0.05, 0) is 35.7 Å². The molecule has 2 nitrogen and oxygen atoms in total. The van der Waals surface area contributed by atoms with Gasteiger partial charge in [-0.2, -0.15) is 13.2 Å². The third kappa shape index (κ3) is 3.26. The molecule has 0 aromatic heterocycles. The molecule has 1 fully saturated rings. The second-order valence-electron chi connectivity index (χ2n) is 5.98.